The van der Waals surface area contributed by atoms with Crippen molar-refractivity contribution in [3.8, 4) is 11.5 Å². The van der Waals surface area contributed by atoms with Crippen molar-refractivity contribution >= 4 is 33.6 Å². The van der Waals surface area contributed by atoms with Crippen LogP contribution in [0.15, 0.2) is 53.4 Å². The van der Waals surface area contributed by atoms with Gasteiger partial charge in [-0.3, -0.25) is 20.4 Å². The molecule has 0 fully saturated rings. The maximum Gasteiger partial charge on any atom is 0.283 e. The summed E-state index contributed by atoms with van der Waals surface area (Å²) in [5.41, 5.74) is 5.49. The lowest BCUT2D eigenvalue weighted by atomic mass is 10.2. The van der Waals surface area contributed by atoms with E-state index >= 15 is 0 Å². The number of carbonyl (C=O) groups excluding carboxylic acids is 2. The molecule has 2 aromatic carbocycles. The molecule has 3 rings (SSSR count). The number of aryl methyl sites for hydroxylation is 1. The van der Waals surface area contributed by atoms with Crippen LogP contribution in [0, 0.1) is 6.92 Å². The van der Waals surface area contributed by atoms with Crippen molar-refractivity contribution in [3.05, 3.63) is 54.1 Å². The van der Waals surface area contributed by atoms with E-state index in [1.807, 2.05) is 13.2 Å². The number of ether oxygens (including phenoxy) is 2. The van der Waals surface area contributed by atoms with Gasteiger partial charge in [0.25, 0.3) is 11.8 Å². The molecule has 1 aliphatic heterocycles. The van der Waals surface area contributed by atoms with Gasteiger partial charge in [-0.25, -0.2) is 8.42 Å². The average molecular weight is 480 g/mol. The number of carbonyl (C=O) groups is 2. The topological polar surface area (TPSA) is 123 Å². The lowest BCUT2D eigenvalue weighted by Crippen LogP contribution is -2.55. The zero-order valence-electron chi connectivity index (χ0n) is 17.7. The van der Waals surface area contributed by atoms with Crippen LogP contribution in [0.3, 0.4) is 0 Å². The van der Waals surface area contributed by atoms with Crippen molar-refractivity contribution in [1.29, 1.82) is 0 Å². The number of hydrazine groups is 1. The molecule has 0 aromatic heterocycles. The monoisotopic (exact) mass is 479 g/mol. The number of rotatable bonds is 8. The summed E-state index contributed by atoms with van der Waals surface area (Å²) in [5.74, 6) is 0.203. The molecule has 0 spiro atoms. The van der Waals surface area contributed by atoms with Crippen molar-refractivity contribution in [3.63, 3.8) is 0 Å². The molecule has 172 valence electrons. The zero-order valence-corrected chi connectivity index (χ0v) is 19.3. The van der Waals surface area contributed by atoms with Crippen LogP contribution in [0.4, 0.5) is 0 Å². The van der Waals surface area contributed by atoms with E-state index in [0.29, 0.717) is 17.3 Å². The minimum absolute atomic E-state index is 0.0192. The van der Waals surface area contributed by atoms with Crippen molar-refractivity contribution in [1.82, 2.24) is 15.6 Å². The SMILES string of the molecule is CSCCC(NS(=O)(=O)c1ccc(C)cc1)C(=O)NNC(=O)C1COc2ccccc2O1. The summed E-state index contributed by atoms with van der Waals surface area (Å²) < 4.78 is 38.9. The van der Waals surface area contributed by atoms with Gasteiger partial charge in [-0.15, -0.1) is 0 Å². The number of thioether (sulfide) groups is 1. The van der Waals surface area contributed by atoms with E-state index < -0.39 is 34.0 Å². The number of hydrogen-bond donors (Lipinski definition) is 3. The molecule has 1 heterocycles. The van der Waals surface area contributed by atoms with Gasteiger partial charge in [0.1, 0.15) is 12.6 Å². The molecule has 9 nitrogen and oxygen atoms in total. The Morgan fingerprint density at radius 2 is 1.78 bits per heavy atom. The Kier molecular flexibility index (Phi) is 7.99. The fraction of sp³-hybridized carbons (Fsp3) is 0.333. The largest absolute Gasteiger partial charge is 0.485 e. The van der Waals surface area contributed by atoms with Gasteiger partial charge in [0, 0.05) is 0 Å². The number of amides is 2. The number of nitrogens with one attached hydrogen (secondary N) is 3. The first-order chi connectivity index (χ1) is 15.3. The smallest absolute Gasteiger partial charge is 0.283 e. The molecule has 2 unspecified atom stereocenters. The van der Waals surface area contributed by atoms with E-state index in [0.717, 1.165) is 5.56 Å². The molecule has 0 aliphatic carbocycles. The summed E-state index contributed by atoms with van der Waals surface area (Å²) in [6, 6.07) is 12.2. The van der Waals surface area contributed by atoms with Crippen molar-refractivity contribution in [2.75, 3.05) is 18.6 Å². The lowest BCUT2D eigenvalue weighted by Gasteiger charge is -2.26. The van der Waals surface area contributed by atoms with Crippen molar-refractivity contribution in [2.24, 2.45) is 0 Å². The molecule has 2 atom stereocenters. The summed E-state index contributed by atoms with van der Waals surface area (Å²) in [5, 5.41) is 0. The molecule has 11 heteroatoms. The third-order valence-electron chi connectivity index (χ3n) is 4.67. The van der Waals surface area contributed by atoms with Crippen LogP contribution >= 0.6 is 11.8 Å². The Morgan fingerprint density at radius 3 is 2.47 bits per heavy atom. The van der Waals surface area contributed by atoms with E-state index in [2.05, 4.69) is 15.6 Å². The normalized spacial score (nSPS) is 16.1. The van der Waals surface area contributed by atoms with E-state index in [1.54, 1.807) is 36.4 Å². The van der Waals surface area contributed by atoms with Gasteiger partial charge < -0.3 is 9.47 Å². The van der Waals surface area contributed by atoms with Crippen LogP contribution in [0.2, 0.25) is 0 Å². The number of benzene rings is 2. The van der Waals surface area contributed by atoms with E-state index in [-0.39, 0.29) is 17.9 Å². The number of hydrogen-bond acceptors (Lipinski definition) is 7. The van der Waals surface area contributed by atoms with E-state index in [1.165, 1.54) is 23.9 Å². The van der Waals surface area contributed by atoms with E-state index in [9.17, 15) is 18.0 Å². The van der Waals surface area contributed by atoms with Gasteiger partial charge in [0.15, 0.2) is 11.5 Å². The zero-order chi connectivity index (χ0) is 23.1. The Bertz CT molecular complexity index is 1060. The minimum atomic E-state index is -3.92. The summed E-state index contributed by atoms with van der Waals surface area (Å²) in [6.45, 7) is 1.83. The third-order valence-corrected chi connectivity index (χ3v) is 6.80. The first-order valence-electron chi connectivity index (χ1n) is 9.86. The standard InChI is InChI=1S/C21H25N3O6S2/c1-14-7-9-15(10-8-14)32(27,28)24-16(11-12-31-2)20(25)22-23-21(26)19-13-29-17-5-3-4-6-18(17)30-19/h3-10,16,19,24H,11-13H2,1-2H3,(H,22,25)(H,23,26). The molecular weight excluding hydrogens is 454 g/mol. The quantitative estimate of drug-likeness (QED) is 0.489. The highest BCUT2D eigenvalue weighted by molar-refractivity contribution is 7.98. The Balaban J connectivity index is 1.61. The molecule has 0 bridgehead atoms. The summed E-state index contributed by atoms with van der Waals surface area (Å²) in [6.07, 6.45) is 1.13. The highest BCUT2D eigenvalue weighted by atomic mass is 32.2. The molecule has 1 aliphatic rings. The minimum Gasteiger partial charge on any atom is -0.485 e. The molecule has 0 saturated carbocycles. The van der Waals surface area contributed by atoms with E-state index in [4.69, 9.17) is 9.47 Å². The summed E-state index contributed by atoms with van der Waals surface area (Å²) >= 11 is 1.47. The van der Waals surface area contributed by atoms with Crippen LogP contribution in [-0.2, 0) is 19.6 Å². The molecule has 0 radical (unpaired) electrons. The van der Waals surface area contributed by atoms with Gasteiger partial charge in [-0.1, -0.05) is 29.8 Å². The molecule has 32 heavy (non-hydrogen) atoms. The Morgan fingerprint density at radius 1 is 1.09 bits per heavy atom. The molecule has 2 aromatic rings. The predicted molar refractivity (Wildman–Crippen MR) is 121 cm³/mol. The number of para-hydroxylation sites is 2. The van der Waals surface area contributed by atoms with Gasteiger partial charge in [0.05, 0.1) is 4.90 Å². The van der Waals surface area contributed by atoms with Gasteiger partial charge in [-0.2, -0.15) is 16.5 Å². The number of fused-ring (bicyclic) bond motifs is 1. The first kappa shape index (κ1) is 23.9. The van der Waals surface area contributed by atoms with Crippen LogP contribution in [0.25, 0.3) is 0 Å². The fourth-order valence-electron chi connectivity index (χ4n) is 2.89. The summed E-state index contributed by atoms with van der Waals surface area (Å²) in [7, 11) is -3.92. The average Bonchev–Trinajstić information content (AvgIpc) is 2.79. The molecular formula is C21H25N3O6S2. The second kappa shape index (κ2) is 10.7. The fourth-order valence-corrected chi connectivity index (χ4v) is 4.59. The maximum atomic E-state index is 12.7. The lowest BCUT2D eigenvalue weighted by molar-refractivity contribution is -0.135. The predicted octanol–water partition coefficient (Wildman–Crippen LogP) is 1.38. The number of sulfonamides is 1. The highest BCUT2D eigenvalue weighted by Gasteiger charge is 2.29. The van der Waals surface area contributed by atoms with Crippen molar-refractivity contribution in [2.45, 2.75) is 30.4 Å². The first-order valence-corrected chi connectivity index (χ1v) is 12.7. The molecule has 3 N–H and O–H groups in total. The molecule has 0 saturated heterocycles. The maximum absolute atomic E-state index is 12.7. The van der Waals surface area contributed by atoms with Crippen LogP contribution in [0.1, 0.15) is 12.0 Å². The van der Waals surface area contributed by atoms with Gasteiger partial charge >= 0.3 is 0 Å². The van der Waals surface area contributed by atoms with Crippen LogP contribution < -0.4 is 25.0 Å². The van der Waals surface area contributed by atoms with Gasteiger partial charge in [0.2, 0.25) is 16.1 Å². The van der Waals surface area contributed by atoms with Gasteiger partial charge in [-0.05, 0) is 49.6 Å². The molecule has 2 amide bonds. The second-order valence-corrected chi connectivity index (χ2v) is 9.81. The van der Waals surface area contributed by atoms with Crippen LogP contribution in [0.5, 0.6) is 11.5 Å². The second-order valence-electron chi connectivity index (χ2n) is 7.11. The third kappa shape index (κ3) is 6.15. The highest BCUT2D eigenvalue weighted by Crippen LogP contribution is 2.30. The Labute approximate surface area is 191 Å². The summed E-state index contributed by atoms with van der Waals surface area (Å²) in [4.78, 5) is 25.1. The Hall–Kier alpha value is -2.76. The van der Waals surface area contributed by atoms with Crippen molar-refractivity contribution < 1.29 is 27.5 Å². The van der Waals surface area contributed by atoms with Crippen LogP contribution in [-0.4, -0.2) is 51.0 Å².